The molecule has 0 fully saturated rings. The zero-order valence-corrected chi connectivity index (χ0v) is 16.0. The highest BCUT2D eigenvalue weighted by Crippen LogP contribution is 2.37. The molecular formula is C19H19BrClNO2. The smallest absolute Gasteiger partial charge is 0.175 e. The minimum absolute atomic E-state index is 0.411. The Balaban J connectivity index is 2.35. The molecule has 2 aromatic carbocycles. The molecule has 0 saturated heterocycles. The van der Waals surface area contributed by atoms with Crippen molar-refractivity contribution in [3.8, 4) is 11.5 Å². The van der Waals surface area contributed by atoms with E-state index in [1.807, 2.05) is 44.2 Å². The maximum atomic E-state index is 6.13. The highest BCUT2D eigenvalue weighted by molar-refractivity contribution is 9.10. The molecule has 0 heterocycles. The largest absolute Gasteiger partial charge is 0.490 e. The van der Waals surface area contributed by atoms with Gasteiger partial charge in [-0.05, 0) is 65.2 Å². The van der Waals surface area contributed by atoms with Gasteiger partial charge in [0, 0.05) is 11.2 Å². The summed E-state index contributed by atoms with van der Waals surface area (Å²) in [5.74, 6) is 1.32. The average molecular weight is 409 g/mol. The molecule has 2 rings (SSSR count). The number of hydrogen-bond donors (Lipinski definition) is 0. The van der Waals surface area contributed by atoms with Gasteiger partial charge in [-0.2, -0.15) is 0 Å². The third-order valence-corrected chi connectivity index (χ3v) is 4.27. The fraction of sp³-hybridized carbons (Fsp3) is 0.211. The van der Waals surface area contributed by atoms with Crippen molar-refractivity contribution in [1.82, 2.24) is 0 Å². The summed E-state index contributed by atoms with van der Waals surface area (Å²) in [5, 5.41) is 0.703. The number of hydrogen-bond acceptors (Lipinski definition) is 3. The molecule has 0 amide bonds. The monoisotopic (exact) mass is 407 g/mol. The summed E-state index contributed by atoms with van der Waals surface area (Å²) in [6.45, 7) is 8.50. The van der Waals surface area contributed by atoms with Crippen molar-refractivity contribution >= 4 is 39.4 Å². The Kier molecular flexibility index (Phi) is 6.88. The van der Waals surface area contributed by atoms with Crippen molar-refractivity contribution in [2.75, 3.05) is 13.2 Å². The lowest BCUT2D eigenvalue weighted by Gasteiger charge is -2.13. The molecule has 2 aromatic rings. The molecule has 0 aliphatic carbocycles. The van der Waals surface area contributed by atoms with Crippen LogP contribution >= 0.6 is 27.5 Å². The van der Waals surface area contributed by atoms with Gasteiger partial charge in [-0.3, -0.25) is 4.99 Å². The average Bonchev–Trinajstić information content (AvgIpc) is 2.56. The van der Waals surface area contributed by atoms with Crippen LogP contribution in [0.25, 0.3) is 0 Å². The van der Waals surface area contributed by atoms with E-state index in [1.165, 1.54) is 0 Å². The first kappa shape index (κ1) is 18.6. The summed E-state index contributed by atoms with van der Waals surface area (Å²) < 4.78 is 12.2. The fourth-order valence-corrected chi connectivity index (χ4v) is 2.83. The van der Waals surface area contributed by atoms with Crippen LogP contribution in [-0.2, 0) is 0 Å². The Morgan fingerprint density at radius 3 is 2.79 bits per heavy atom. The van der Waals surface area contributed by atoms with E-state index in [4.69, 9.17) is 21.1 Å². The number of rotatable bonds is 7. The minimum Gasteiger partial charge on any atom is -0.490 e. The van der Waals surface area contributed by atoms with Crippen molar-refractivity contribution < 1.29 is 9.47 Å². The lowest BCUT2D eigenvalue weighted by molar-refractivity contribution is 0.295. The number of ether oxygens (including phenoxy) is 2. The van der Waals surface area contributed by atoms with Crippen LogP contribution in [0.1, 0.15) is 18.1 Å². The van der Waals surface area contributed by atoms with E-state index in [0.29, 0.717) is 29.7 Å². The third kappa shape index (κ3) is 4.62. The maximum Gasteiger partial charge on any atom is 0.175 e. The summed E-state index contributed by atoms with van der Waals surface area (Å²) >= 11 is 9.66. The van der Waals surface area contributed by atoms with Gasteiger partial charge < -0.3 is 9.47 Å². The quantitative estimate of drug-likeness (QED) is 0.408. The van der Waals surface area contributed by atoms with Gasteiger partial charge in [0.05, 0.1) is 16.8 Å². The molecular weight excluding hydrogens is 390 g/mol. The molecule has 0 bridgehead atoms. The van der Waals surface area contributed by atoms with Crippen LogP contribution in [0.4, 0.5) is 5.69 Å². The third-order valence-electron chi connectivity index (χ3n) is 3.27. The van der Waals surface area contributed by atoms with Crippen molar-refractivity contribution in [2.45, 2.75) is 13.8 Å². The lowest BCUT2D eigenvalue weighted by Crippen LogP contribution is -2.00. The summed E-state index contributed by atoms with van der Waals surface area (Å²) in [5.41, 5.74) is 2.68. The zero-order chi connectivity index (χ0) is 17.5. The first-order valence-corrected chi connectivity index (χ1v) is 8.73. The van der Waals surface area contributed by atoms with Crippen LogP contribution in [0.2, 0.25) is 5.02 Å². The number of halogens is 2. The molecule has 0 atom stereocenters. The molecule has 0 saturated carbocycles. The second-order valence-corrected chi connectivity index (χ2v) is 6.27. The van der Waals surface area contributed by atoms with Crippen LogP contribution in [-0.4, -0.2) is 19.4 Å². The molecule has 0 unspecified atom stereocenters. The first-order valence-electron chi connectivity index (χ1n) is 7.56. The molecule has 0 spiro atoms. The standard InChI is InChI=1S/C19H19BrClNO2/c1-4-9-24-19-15(20)10-14(11-18(19)23-5-2)12-22-17-8-6-7-16(21)13(17)3/h4,6-8,10-12H,1,5,9H2,2-3H3. The van der Waals surface area contributed by atoms with Gasteiger partial charge in [0.1, 0.15) is 6.61 Å². The van der Waals surface area contributed by atoms with Gasteiger partial charge >= 0.3 is 0 Å². The lowest BCUT2D eigenvalue weighted by atomic mass is 10.2. The van der Waals surface area contributed by atoms with E-state index in [2.05, 4.69) is 27.5 Å². The van der Waals surface area contributed by atoms with Crippen LogP contribution in [0, 0.1) is 6.92 Å². The second kappa shape index (κ2) is 8.90. The van der Waals surface area contributed by atoms with Gasteiger partial charge in [0.15, 0.2) is 11.5 Å². The van der Waals surface area contributed by atoms with Gasteiger partial charge in [0.25, 0.3) is 0 Å². The van der Waals surface area contributed by atoms with E-state index in [0.717, 1.165) is 21.3 Å². The normalized spacial score (nSPS) is 10.8. The highest BCUT2D eigenvalue weighted by Gasteiger charge is 2.11. The predicted molar refractivity (Wildman–Crippen MR) is 104 cm³/mol. The maximum absolute atomic E-state index is 6.13. The second-order valence-electron chi connectivity index (χ2n) is 5.00. The first-order chi connectivity index (χ1) is 11.6. The topological polar surface area (TPSA) is 30.8 Å². The van der Waals surface area contributed by atoms with Crippen LogP contribution < -0.4 is 9.47 Å². The summed E-state index contributed by atoms with van der Waals surface area (Å²) in [6, 6.07) is 9.50. The molecule has 0 aromatic heterocycles. The molecule has 5 heteroatoms. The molecule has 3 nitrogen and oxygen atoms in total. The Bertz CT molecular complexity index is 759. The van der Waals surface area contributed by atoms with Crippen molar-refractivity contribution in [3.63, 3.8) is 0 Å². The Labute approximate surface area is 156 Å². The highest BCUT2D eigenvalue weighted by atomic mass is 79.9. The number of aliphatic imine (C=N–C) groups is 1. The SMILES string of the molecule is C=CCOc1c(Br)cc(C=Nc2cccc(Cl)c2C)cc1OCC. The fourth-order valence-electron chi connectivity index (χ4n) is 2.09. The molecule has 126 valence electrons. The molecule has 0 aliphatic heterocycles. The van der Waals surface area contributed by atoms with Crippen LogP contribution in [0.5, 0.6) is 11.5 Å². The van der Waals surface area contributed by atoms with Crippen molar-refractivity contribution in [2.24, 2.45) is 4.99 Å². The van der Waals surface area contributed by atoms with Crippen LogP contribution in [0.3, 0.4) is 0 Å². The van der Waals surface area contributed by atoms with Crippen molar-refractivity contribution in [3.05, 3.63) is 63.6 Å². The molecule has 0 aliphatic rings. The van der Waals surface area contributed by atoms with E-state index in [9.17, 15) is 0 Å². The van der Waals surface area contributed by atoms with E-state index < -0.39 is 0 Å². The van der Waals surface area contributed by atoms with E-state index in [1.54, 1.807) is 12.3 Å². The summed E-state index contributed by atoms with van der Waals surface area (Å²) in [6.07, 6.45) is 3.47. The predicted octanol–water partition coefficient (Wildman–Crippen LogP) is 6.13. The van der Waals surface area contributed by atoms with Crippen molar-refractivity contribution in [1.29, 1.82) is 0 Å². The van der Waals surface area contributed by atoms with Gasteiger partial charge in [-0.15, -0.1) is 0 Å². The Hall–Kier alpha value is -1.78. The molecule has 0 N–H and O–H groups in total. The van der Waals surface area contributed by atoms with Gasteiger partial charge in [-0.1, -0.05) is 30.3 Å². The molecule has 0 radical (unpaired) electrons. The zero-order valence-electron chi connectivity index (χ0n) is 13.7. The van der Waals surface area contributed by atoms with Gasteiger partial charge in [-0.25, -0.2) is 0 Å². The van der Waals surface area contributed by atoms with Gasteiger partial charge in [0.2, 0.25) is 0 Å². The number of nitrogens with zero attached hydrogens (tertiary/aromatic N) is 1. The van der Waals surface area contributed by atoms with Crippen LogP contribution in [0.15, 0.2) is 52.5 Å². The Morgan fingerprint density at radius 1 is 1.29 bits per heavy atom. The minimum atomic E-state index is 0.411. The summed E-state index contributed by atoms with van der Waals surface area (Å²) in [4.78, 5) is 4.53. The summed E-state index contributed by atoms with van der Waals surface area (Å²) in [7, 11) is 0. The molecule has 24 heavy (non-hydrogen) atoms. The van der Waals surface area contributed by atoms with E-state index >= 15 is 0 Å². The van der Waals surface area contributed by atoms with E-state index in [-0.39, 0.29) is 0 Å². The number of benzene rings is 2. The Morgan fingerprint density at radius 2 is 2.08 bits per heavy atom.